The average molecular weight is 1290 g/mol. The van der Waals surface area contributed by atoms with Gasteiger partial charge in [-0.25, -0.2) is 4.79 Å². The van der Waals surface area contributed by atoms with Gasteiger partial charge in [0.2, 0.25) is 53.2 Å². The molecule has 0 aromatic heterocycles. The Bertz CT molecular complexity index is 2590. The molecule has 1 aliphatic heterocycles. The van der Waals surface area contributed by atoms with Gasteiger partial charge in [-0.15, -0.1) is 0 Å². The number of hydrogen-bond donors (Lipinski definition) is 19. The SMILES string of the molecule is CC(C)C[C@H](NC(=O)[C@H](CO)NC(=O)[C@H](CCCNC(N)N)NC(=O)[C@H](CC(C)C)NC(=O)[C@H](CO)NC(=O)[C@@H](NC(=O)[C@H](CC(C)C)NC(=O)[C@@H]1CCCN1C(=O)[C@H](Cc1ccc(O)cc1)NC(=O)[C@H](CC(C)C)NC(=O)[C@@H]([NH3+])CCC(=O)O)[C@@H](C)O)C(=O)O. The van der Waals surface area contributed by atoms with E-state index in [-0.39, 0.29) is 107 Å². The standard InChI is InChI=1S/C59H100N14O18/c1-29(2)22-38(65-48(80)36(60)18-19-46(78)79)51(83)68-41(26-34-14-16-35(77)17-15-34)57(89)73-21-11-13-45(73)55(87)67-40(24-31(5)6)52(84)72-47(33(9)76)56(88)71-44(28-75)53(85)66-39(23-30(3)4)50(82)64-37(12-10-20-63-59(61)62)49(81)70-43(27-74)54(86)69-42(58(90)91)25-32(7)8/h14-17,29-33,36-45,47,59,63,74-77H,10-13,18-28,60-62H2,1-9H3,(H,64,82)(H,65,80)(H,66,85)(H,67,87)(H,68,83)(H,69,86)(H,70,81)(H,71,88)(H,72,84)(H,78,79)(H,90,91)/p+1/t33-,36+,37+,38+,39+,40+,41+,42+,43+,44+,45+,47+/m1/s1. The molecule has 0 bridgehead atoms. The number of nitrogens with two attached hydrogens (primary N) is 2. The molecule has 0 unspecified atom stereocenters. The Kier molecular flexibility index (Phi) is 34.6. The molecule has 1 saturated heterocycles. The van der Waals surface area contributed by atoms with Crippen molar-refractivity contribution in [2.24, 2.45) is 35.1 Å². The topological polar surface area (TPSA) is 529 Å². The molecule has 12 atom stereocenters. The molecule has 1 heterocycles. The molecule has 91 heavy (non-hydrogen) atoms. The number of hydrogen-bond acceptors (Lipinski definition) is 19. The molecule has 32 heteroatoms. The number of aliphatic carboxylic acids is 2. The van der Waals surface area contributed by atoms with Crippen LogP contribution in [0.4, 0.5) is 0 Å². The molecule has 23 N–H and O–H groups in total. The summed E-state index contributed by atoms with van der Waals surface area (Å²) in [6.45, 7) is 13.2. The lowest BCUT2D eigenvalue weighted by Gasteiger charge is -2.31. The summed E-state index contributed by atoms with van der Waals surface area (Å²) >= 11 is 0. The van der Waals surface area contributed by atoms with E-state index >= 15 is 0 Å². The van der Waals surface area contributed by atoms with Crippen LogP contribution in [0.25, 0.3) is 0 Å². The molecule has 10 amide bonds. The van der Waals surface area contributed by atoms with Crippen LogP contribution < -0.4 is 70.4 Å². The van der Waals surface area contributed by atoms with E-state index in [0.717, 1.165) is 6.92 Å². The van der Waals surface area contributed by atoms with Crippen molar-refractivity contribution < 1.29 is 93.9 Å². The molecule has 1 aromatic rings. The number of aliphatic hydroxyl groups is 3. The van der Waals surface area contributed by atoms with Crippen LogP contribution in [0.3, 0.4) is 0 Å². The van der Waals surface area contributed by atoms with Crippen LogP contribution >= 0.6 is 0 Å². The van der Waals surface area contributed by atoms with E-state index in [9.17, 15) is 83.1 Å². The number of rotatable bonds is 41. The number of aromatic hydroxyl groups is 1. The van der Waals surface area contributed by atoms with E-state index in [2.05, 4.69) is 58.9 Å². The van der Waals surface area contributed by atoms with Crippen LogP contribution in [-0.4, -0.2) is 212 Å². The van der Waals surface area contributed by atoms with Crippen molar-refractivity contribution in [1.82, 2.24) is 58.1 Å². The maximum absolute atomic E-state index is 14.7. The van der Waals surface area contributed by atoms with E-state index in [1.807, 2.05) is 0 Å². The first-order chi connectivity index (χ1) is 42.6. The monoisotopic (exact) mass is 1290 g/mol. The number of carboxylic acids is 2. The summed E-state index contributed by atoms with van der Waals surface area (Å²) in [7, 11) is 0. The summed E-state index contributed by atoms with van der Waals surface area (Å²) in [5, 5.41) is 85.4. The third kappa shape index (κ3) is 28.6. The zero-order chi connectivity index (χ0) is 69.0. The maximum Gasteiger partial charge on any atom is 0.326 e. The number of quaternary nitrogens is 1. The van der Waals surface area contributed by atoms with Crippen LogP contribution in [-0.2, 0) is 64.0 Å². The molecular formula is C59H101N14O18+. The largest absolute Gasteiger partial charge is 0.508 e. The second-order valence-electron chi connectivity index (χ2n) is 24.7. The van der Waals surface area contributed by atoms with Crippen molar-refractivity contribution in [3.05, 3.63) is 29.8 Å². The number of nitrogens with zero attached hydrogens (tertiary/aromatic N) is 1. The van der Waals surface area contributed by atoms with E-state index in [1.54, 1.807) is 55.4 Å². The number of carboxylic acid groups (broad SMARTS) is 2. The fourth-order valence-electron chi connectivity index (χ4n) is 9.87. The maximum atomic E-state index is 14.7. The number of nitrogens with one attached hydrogen (secondary N) is 10. The Balaban J connectivity index is 2.38. The molecule has 514 valence electrons. The average Bonchev–Trinajstić information content (AvgIpc) is 1.90. The molecule has 0 saturated carbocycles. The highest BCUT2D eigenvalue weighted by Gasteiger charge is 2.42. The highest BCUT2D eigenvalue weighted by atomic mass is 16.4. The Morgan fingerprint density at radius 1 is 0.549 bits per heavy atom. The number of phenols is 1. The molecule has 0 radical (unpaired) electrons. The predicted octanol–water partition coefficient (Wildman–Crippen LogP) is -5.03. The minimum Gasteiger partial charge on any atom is -0.508 e. The van der Waals surface area contributed by atoms with Crippen molar-refractivity contribution in [1.29, 1.82) is 0 Å². The predicted molar refractivity (Wildman–Crippen MR) is 328 cm³/mol. The highest BCUT2D eigenvalue weighted by molar-refractivity contribution is 5.99. The Morgan fingerprint density at radius 2 is 0.967 bits per heavy atom. The second-order valence-corrected chi connectivity index (χ2v) is 24.7. The first kappa shape index (κ1) is 79.5. The summed E-state index contributed by atoms with van der Waals surface area (Å²) < 4.78 is 0. The van der Waals surface area contributed by atoms with E-state index in [1.165, 1.54) is 29.2 Å². The molecule has 2 rings (SSSR count). The molecule has 32 nitrogen and oxygen atoms in total. The normalized spacial score (nSPS) is 16.8. The van der Waals surface area contributed by atoms with Gasteiger partial charge >= 0.3 is 11.9 Å². The number of likely N-dealkylation sites (tertiary alicyclic amines) is 1. The fourth-order valence-corrected chi connectivity index (χ4v) is 9.87. The number of carbonyl (C=O) groups is 12. The number of carbonyl (C=O) groups excluding carboxylic acids is 10. The second kappa shape index (κ2) is 39.6. The number of benzene rings is 1. The summed E-state index contributed by atoms with van der Waals surface area (Å²) in [6, 6.07) is -9.92. The van der Waals surface area contributed by atoms with Gasteiger partial charge < -0.3 is 101 Å². The number of aliphatic hydroxyl groups excluding tert-OH is 3. The quantitative estimate of drug-likeness (QED) is 0.0216. The third-order valence-corrected chi connectivity index (χ3v) is 14.6. The van der Waals surface area contributed by atoms with Gasteiger partial charge in [0.15, 0.2) is 6.04 Å². The smallest absolute Gasteiger partial charge is 0.326 e. The molecule has 1 aromatic carbocycles. The van der Waals surface area contributed by atoms with Crippen LogP contribution in [0.5, 0.6) is 5.75 Å². The third-order valence-electron chi connectivity index (χ3n) is 14.6. The van der Waals surface area contributed by atoms with Gasteiger partial charge in [-0.2, -0.15) is 0 Å². The van der Waals surface area contributed by atoms with Crippen molar-refractivity contribution in [2.45, 2.75) is 212 Å². The lowest BCUT2D eigenvalue weighted by molar-refractivity contribution is -0.405. The van der Waals surface area contributed by atoms with Gasteiger partial charge in [-0.05, 0) is 106 Å². The van der Waals surface area contributed by atoms with E-state index < -0.39 is 163 Å². The van der Waals surface area contributed by atoms with Gasteiger partial charge in [0.05, 0.1) is 25.7 Å². The lowest BCUT2D eigenvalue weighted by atomic mass is 9.99. The number of phenolic OH excluding ortho intramolecular Hbond substituents is 1. The van der Waals surface area contributed by atoms with Crippen molar-refractivity contribution in [3.8, 4) is 5.75 Å². The van der Waals surface area contributed by atoms with Crippen molar-refractivity contribution in [2.75, 3.05) is 26.3 Å². The lowest BCUT2D eigenvalue weighted by Crippen LogP contribution is -2.69. The Morgan fingerprint density at radius 3 is 1.44 bits per heavy atom. The Hall–Kier alpha value is -7.62. The van der Waals surface area contributed by atoms with Gasteiger partial charge in [-0.3, -0.25) is 58.1 Å². The van der Waals surface area contributed by atoms with Crippen LogP contribution in [0.2, 0.25) is 0 Å². The minimum absolute atomic E-state index is 0.0325. The fraction of sp³-hybridized carbons (Fsp3) is 0.695. The Labute approximate surface area is 530 Å². The van der Waals surface area contributed by atoms with Gasteiger partial charge in [0.1, 0.15) is 72.5 Å². The summed E-state index contributed by atoms with van der Waals surface area (Å²) in [5.41, 5.74) is 15.4. The molecular weight excluding hydrogens is 1190 g/mol. The highest BCUT2D eigenvalue weighted by Crippen LogP contribution is 2.22. The van der Waals surface area contributed by atoms with Gasteiger partial charge in [-0.1, -0.05) is 67.5 Å². The zero-order valence-electron chi connectivity index (χ0n) is 53.6. The van der Waals surface area contributed by atoms with Crippen LogP contribution in [0.1, 0.15) is 132 Å². The molecule has 0 aliphatic carbocycles. The summed E-state index contributed by atoms with van der Waals surface area (Å²) in [4.78, 5) is 164. The molecule has 1 aliphatic rings. The number of amides is 10. The van der Waals surface area contributed by atoms with Crippen LogP contribution in [0.15, 0.2) is 24.3 Å². The van der Waals surface area contributed by atoms with Crippen molar-refractivity contribution >= 4 is 71.0 Å². The van der Waals surface area contributed by atoms with Crippen molar-refractivity contribution in [3.63, 3.8) is 0 Å². The van der Waals surface area contributed by atoms with E-state index in [0.29, 0.717) is 12.0 Å². The summed E-state index contributed by atoms with van der Waals surface area (Å²) in [6.07, 6.45) is -2.71. The minimum atomic E-state index is -1.84. The first-order valence-corrected chi connectivity index (χ1v) is 30.8. The van der Waals surface area contributed by atoms with E-state index in [4.69, 9.17) is 16.6 Å². The first-order valence-electron chi connectivity index (χ1n) is 30.8. The van der Waals surface area contributed by atoms with Gasteiger partial charge in [0.25, 0.3) is 5.91 Å². The van der Waals surface area contributed by atoms with Gasteiger partial charge in [0, 0.05) is 19.4 Å². The zero-order valence-corrected chi connectivity index (χ0v) is 53.6. The summed E-state index contributed by atoms with van der Waals surface area (Å²) in [5.74, 6) is -12.6. The van der Waals surface area contributed by atoms with Crippen LogP contribution in [0, 0.1) is 23.7 Å². The molecule has 1 fully saturated rings. The molecule has 0 spiro atoms.